The zero-order valence-corrected chi connectivity index (χ0v) is 13.6. The van der Waals surface area contributed by atoms with Crippen LogP contribution in [0.15, 0.2) is 51.7 Å². The van der Waals surface area contributed by atoms with Gasteiger partial charge in [-0.1, -0.05) is 25.0 Å². The van der Waals surface area contributed by atoms with E-state index in [1.807, 2.05) is 18.2 Å². The van der Waals surface area contributed by atoms with Crippen LogP contribution in [0.3, 0.4) is 0 Å². The Balaban J connectivity index is 1.76. The molecule has 2 aromatic carbocycles. The molecule has 3 rings (SSSR count). The number of hydrogen-bond acceptors (Lipinski definition) is 3. The summed E-state index contributed by atoms with van der Waals surface area (Å²) in [5.41, 5.74) is 1.16. The van der Waals surface area contributed by atoms with Crippen molar-refractivity contribution in [2.45, 2.75) is 25.7 Å². The average Bonchev–Trinajstić information content (AvgIpc) is 2.58. The molecule has 0 saturated carbocycles. The number of alkyl halides is 1. The van der Waals surface area contributed by atoms with E-state index in [0.717, 1.165) is 37.3 Å². The SMILES string of the molecule is O=c1c2ccccc2oc2cc(OCCCCCCCl)ccc12. The highest BCUT2D eigenvalue weighted by molar-refractivity contribution is 6.17. The third-order valence-corrected chi connectivity index (χ3v) is 4.11. The first-order chi connectivity index (χ1) is 11.3. The van der Waals surface area contributed by atoms with Crippen LogP contribution in [0, 0.1) is 0 Å². The molecule has 4 heteroatoms. The van der Waals surface area contributed by atoms with Crippen molar-refractivity contribution in [1.82, 2.24) is 0 Å². The number of rotatable bonds is 7. The predicted molar refractivity (Wildman–Crippen MR) is 94.7 cm³/mol. The lowest BCUT2D eigenvalue weighted by Gasteiger charge is -2.07. The molecule has 1 heterocycles. The van der Waals surface area contributed by atoms with E-state index in [1.165, 1.54) is 0 Å². The second kappa shape index (κ2) is 7.51. The van der Waals surface area contributed by atoms with Gasteiger partial charge in [-0.3, -0.25) is 4.79 Å². The minimum absolute atomic E-state index is 0.00512. The second-order valence-electron chi connectivity index (χ2n) is 5.54. The predicted octanol–water partition coefficient (Wildman–Crippen LogP) is 5.12. The Labute approximate surface area is 139 Å². The maximum absolute atomic E-state index is 12.4. The monoisotopic (exact) mass is 330 g/mol. The van der Waals surface area contributed by atoms with Crippen LogP contribution in [0.1, 0.15) is 25.7 Å². The van der Waals surface area contributed by atoms with Crippen molar-refractivity contribution in [3.8, 4) is 5.75 Å². The van der Waals surface area contributed by atoms with Gasteiger partial charge in [0.05, 0.1) is 17.4 Å². The van der Waals surface area contributed by atoms with Crippen LogP contribution in [0.2, 0.25) is 0 Å². The zero-order chi connectivity index (χ0) is 16.1. The fourth-order valence-corrected chi connectivity index (χ4v) is 2.80. The van der Waals surface area contributed by atoms with E-state index in [9.17, 15) is 4.79 Å². The molecule has 0 aliphatic carbocycles. The summed E-state index contributed by atoms with van der Waals surface area (Å²) in [6.07, 6.45) is 4.29. The van der Waals surface area contributed by atoms with Gasteiger partial charge in [-0.15, -0.1) is 11.6 Å². The van der Waals surface area contributed by atoms with Crippen LogP contribution in [0.25, 0.3) is 21.9 Å². The van der Waals surface area contributed by atoms with Crippen LogP contribution >= 0.6 is 11.6 Å². The van der Waals surface area contributed by atoms with E-state index in [-0.39, 0.29) is 5.43 Å². The number of ether oxygens (including phenoxy) is 1. The highest BCUT2D eigenvalue weighted by atomic mass is 35.5. The number of para-hydroxylation sites is 1. The topological polar surface area (TPSA) is 39.4 Å². The molecule has 0 aliphatic heterocycles. The van der Waals surface area contributed by atoms with Crippen LogP contribution in [-0.2, 0) is 0 Å². The summed E-state index contributed by atoms with van der Waals surface area (Å²) < 4.78 is 11.6. The molecule has 0 amide bonds. The lowest BCUT2D eigenvalue weighted by molar-refractivity contribution is 0.305. The molecular formula is C19H19ClO3. The molecule has 0 fully saturated rings. The van der Waals surface area contributed by atoms with Crippen LogP contribution < -0.4 is 10.2 Å². The maximum Gasteiger partial charge on any atom is 0.200 e. The Morgan fingerprint density at radius 2 is 1.70 bits per heavy atom. The van der Waals surface area contributed by atoms with Gasteiger partial charge in [-0.25, -0.2) is 0 Å². The first kappa shape index (κ1) is 15.9. The molecule has 0 bridgehead atoms. The Morgan fingerprint density at radius 3 is 2.57 bits per heavy atom. The van der Waals surface area contributed by atoms with Gasteiger partial charge in [-0.05, 0) is 37.1 Å². The fourth-order valence-electron chi connectivity index (χ4n) is 2.61. The molecule has 3 aromatic rings. The number of unbranched alkanes of at least 4 members (excludes halogenated alkanes) is 3. The molecule has 3 nitrogen and oxygen atoms in total. The summed E-state index contributed by atoms with van der Waals surface area (Å²) in [6, 6.07) is 12.7. The van der Waals surface area contributed by atoms with Crippen molar-refractivity contribution < 1.29 is 9.15 Å². The van der Waals surface area contributed by atoms with E-state index in [4.69, 9.17) is 20.8 Å². The summed E-state index contributed by atoms with van der Waals surface area (Å²) in [6.45, 7) is 0.658. The van der Waals surface area contributed by atoms with E-state index in [1.54, 1.807) is 24.3 Å². The average molecular weight is 331 g/mol. The van der Waals surface area contributed by atoms with Gasteiger partial charge in [0.2, 0.25) is 5.43 Å². The lowest BCUT2D eigenvalue weighted by Crippen LogP contribution is -2.02. The molecule has 0 N–H and O–H groups in total. The van der Waals surface area contributed by atoms with Crippen molar-refractivity contribution in [2.24, 2.45) is 0 Å². The van der Waals surface area contributed by atoms with Gasteiger partial charge in [0, 0.05) is 11.9 Å². The molecule has 0 saturated heterocycles. The van der Waals surface area contributed by atoms with E-state index in [2.05, 4.69) is 0 Å². The molecule has 0 radical (unpaired) electrons. The number of fused-ring (bicyclic) bond motifs is 2. The third kappa shape index (κ3) is 3.67. The highest BCUT2D eigenvalue weighted by Gasteiger charge is 2.08. The third-order valence-electron chi connectivity index (χ3n) is 3.85. The smallest absolute Gasteiger partial charge is 0.200 e. The molecule has 0 aliphatic rings. The summed E-state index contributed by atoms with van der Waals surface area (Å²) in [7, 11) is 0. The molecule has 1 aromatic heterocycles. The Kier molecular flexibility index (Phi) is 5.19. The van der Waals surface area contributed by atoms with Gasteiger partial charge in [0.25, 0.3) is 0 Å². The normalized spacial score (nSPS) is 11.2. The van der Waals surface area contributed by atoms with Gasteiger partial charge >= 0.3 is 0 Å². The fraction of sp³-hybridized carbons (Fsp3) is 0.316. The Morgan fingerprint density at radius 1 is 0.913 bits per heavy atom. The van der Waals surface area contributed by atoms with Gasteiger partial charge < -0.3 is 9.15 Å². The number of benzene rings is 2. The number of hydrogen-bond donors (Lipinski definition) is 0. The molecule has 0 unspecified atom stereocenters. The summed E-state index contributed by atoms with van der Waals surface area (Å²) >= 11 is 5.65. The summed E-state index contributed by atoms with van der Waals surface area (Å²) in [5.74, 6) is 1.45. The first-order valence-electron chi connectivity index (χ1n) is 7.94. The molecule has 23 heavy (non-hydrogen) atoms. The molecular weight excluding hydrogens is 312 g/mol. The van der Waals surface area contributed by atoms with Crippen molar-refractivity contribution in [3.05, 3.63) is 52.7 Å². The van der Waals surface area contributed by atoms with Crippen LogP contribution in [0.5, 0.6) is 5.75 Å². The maximum atomic E-state index is 12.4. The van der Waals surface area contributed by atoms with Gasteiger partial charge in [0.15, 0.2) is 0 Å². The van der Waals surface area contributed by atoms with Crippen molar-refractivity contribution in [2.75, 3.05) is 12.5 Å². The molecule has 0 atom stereocenters. The molecule has 0 spiro atoms. The van der Waals surface area contributed by atoms with Crippen LogP contribution in [-0.4, -0.2) is 12.5 Å². The van der Waals surface area contributed by atoms with Crippen molar-refractivity contribution in [3.63, 3.8) is 0 Å². The quantitative estimate of drug-likeness (QED) is 0.343. The van der Waals surface area contributed by atoms with E-state index >= 15 is 0 Å². The van der Waals surface area contributed by atoms with E-state index < -0.39 is 0 Å². The van der Waals surface area contributed by atoms with E-state index in [0.29, 0.717) is 28.5 Å². The van der Waals surface area contributed by atoms with Crippen molar-refractivity contribution in [1.29, 1.82) is 0 Å². The Hall–Kier alpha value is -2.00. The lowest BCUT2D eigenvalue weighted by atomic mass is 10.1. The van der Waals surface area contributed by atoms with Gasteiger partial charge in [0.1, 0.15) is 16.9 Å². The standard InChI is InChI=1S/C19H19ClO3/c20-11-5-1-2-6-12-22-14-9-10-16-18(13-14)23-17-8-4-3-7-15(17)19(16)21/h3-4,7-10,13H,1-2,5-6,11-12H2. The Bertz CT molecular complexity index is 854. The zero-order valence-electron chi connectivity index (χ0n) is 12.9. The summed E-state index contributed by atoms with van der Waals surface area (Å²) in [4.78, 5) is 12.4. The highest BCUT2D eigenvalue weighted by Crippen LogP contribution is 2.23. The van der Waals surface area contributed by atoms with Crippen LogP contribution in [0.4, 0.5) is 0 Å². The molecule has 120 valence electrons. The second-order valence-corrected chi connectivity index (χ2v) is 5.91. The largest absolute Gasteiger partial charge is 0.493 e. The first-order valence-corrected chi connectivity index (χ1v) is 8.47. The number of halogens is 1. The van der Waals surface area contributed by atoms with Crippen molar-refractivity contribution >= 4 is 33.5 Å². The minimum atomic E-state index is -0.00512. The van der Waals surface area contributed by atoms with Gasteiger partial charge in [-0.2, -0.15) is 0 Å². The summed E-state index contributed by atoms with van der Waals surface area (Å²) in [5, 5.41) is 1.19. The minimum Gasteiger partial charge on any atom is -0.493 e.